The lowest BCUT2D eigenvalue weighted by Gasteiger charge is -2.20. The average molecular weight is 285 g/mol. The van der Waals surface area contributed by atoms with Crippen LogP contribution in [0.2, 0.25) is 0 Å². The van der Waals surface area contributed by atoms with Crippen LogP contribution in [0.3, 0.4) is 0 Å². The molecule has 9 heteroatoms. The smallest absolute Gasteiger partial charge is 0.364 e. The molecule has 0 aromatic carbocycles. The van der Waals surface area contributed by atoms with Crippen molar-refractivity contribution in [2.45, 2.75) is 25.4 Å². The molecule has 3 nitrogen and oxygen atoms in total. The van der Waals surface area contributed by atoms with Gasteiger partial charge in [-0.2, -0.15) is 26.3 Å². The van der Waals surface area contributed by atoms with Gasteiger partial charge in [0.1, 0.15) is 5.69 Å². The highest BCUT2D eigenvalue weighted by atomic mass is 19.4. The lowest BCUT2D eigenvalue weighted by atomic mass is 10.2. The van der Waals surface area contributed by atoms with Gasteiger partial charge in [0.2, 0.25) is 0 Å². The van der Waals surface area contributed by atoms with Crippen LogP contribution < -0.4 is 10.2 Å². The minimum atomic E-state index is -4.95. The fraction of sp³-hybridized carbons (Fsp3) is 0.500. The van der Waals surface area contributed by atoms with Crippen molar-refractivity contribution < 1.29 is 26.3 Å². The summed E-state index contributed by atoms with van der Waals surface area (Å²) in [6, 6.07) is 0.588. The summed E-state index contributed by atoms with van der Waals surface area (Å²) in [5, 5.41) is 2.56. The number of alkyl halides is 6. The fourth-order valence-corrected chi connectivity index (χ4v) is 1.86. The van der Waals surface area contributed by atoms with E-state index in [-0.39, 0.29) is 11.4 Å². The van der Waals surface area contributed by atoms with Crippen molar-refractivity contribution >= 4 is 11.4 Å². The summed E-state index contributed by atoms with van der Waals surface area (Å²) in [6.45, 7) is 1.54. The second-order valence-electron chi connectivity index (χ2n) is 4.18. The first kappa shape index (κ1) is 13.8. The number of rotatable bonds is 0. The van der Waals surface area contributed by atoms with Crippen molar-refractivity contribution in [3.05, 3.63) is 17.5 Å². The first-order valence-corrected chi connectivity index (χ1v) is 5.20. The van der Waals surface area contributed by atoms with E-state index in [0.717, 1.165) is 0 Å². The normalized spacial score (nSPS) is 19.4. The molecule has 0 aliphatic carbocycles. The number of anilines is 2. The highest BCUT2D eigenvalue weighted by Crippen LogP contribution is 2.45. The fourth-order valence-electron chi connectivity index (χ4n) is 1.86. The number of aromatic nitrogens is 1. The van der Waals surface area contributed by atoms with Crippen LogP contribution in [0.4, 0.5) is 37.7 Å². The summed E-state index contributed by atoms with van der Waals surface area (Å²) < 4.78 is 76.1. The molecule has 0 fully saturated rings. The van der Waals surface area contributed by atoms with Crippen LogP contribution in [0.15, 0.2) is 6.07 Å². The molecule has 2 heterocycles. The monoisotopic (exact) mass is 285 g/mol. The van der Waals surface area contributed by atoms with Crippen LogP contribution in [-0.4, -0.2) is 18.2 Å². The Bertz CT molecular complexity index is 507. The molecule has 1 atom stereocenters. The zero-order valence-electron chi connectivity index (χ0n) is 9.82. The van der Waals surface area contributed by atoms with E-state index in [9.17, 15) is 26.3 Å². The van der Waals surface area contributed by atoms with E-state index < -0.39 is 29.9 Å². The van der Waals surface area contributed by atoms with E-state index in [1.165, 1.54) is 18.9 Å². The van der Waals surface area contributed by atoms with Crippen molar-refractivity contribution in [3.8, 4) is 0 Å². The zero-order valence-corrected chi connectivity index (χ0v) is 9.82. The van der Waals surface area contributed by atoms with Crippen LogP contribution in [0, 0.1) is 0 Å². The highest BCUT2D eigenvalue weighted by molar-refractivity contribution is 5.78. The molecular formula is C10H9F6N3. The Kier molecular flexibility index (Phi) is 2.83. The van der Waals surface area contributed by atoms with Gasteiger partial charge < -0.3 is 10.2 Å². The van der Waals surface area contributed by atoms with Gasteiger partial charge in [0.15, 0.2) is 5.69 Å². The minimum absolute atomic E-state index is 0.218. The second-order valence-corrected chi connectivity index (χ2v) is 4.18. The molecule has 2 rings (SSSR count). The van der Waals surface area contributed by atoms with Gasteiger partial charge >= 0.3 is 12.4 Å². The third kappa shape index (κ3) is 2.28. The first-order chi connectivity index (χ1) is 8.51. The molecule has 1 aromatic rings. The van der Waals surface area contributed by atoms with Gasteiger partial charge in [-0.15, -0.1) is 0 Å². The molecule has 0 spiro atoms. The van der Waals surface area contributed by atoms with E-state index in [4.69, 9.17) is 0 Å². The number of hydrogen-bond acceptors (Lipinski definition) is 3. The Hall–Kier alpha value is -1.67. The SMILES string of the molecule is CC1Nc2cc(C(F)(F)F)nc(C(F)(F)F)c2N1C. The molecule has 0 saturated heterocycles. The molecule has 0 bridgehead atoms. The topological polar surface area (TPSA) is 28.2 Å². The average Bonchev–Trinajstić information content (AvgIpc) is 2.51. The van der Waals surface area contributed by atoms with Crippen LogP contribution in [-0.2, 0) is 12.4 Å². The molecule has 19 heavy (non-hydrogen) atoms. The number of halogens is 6. The van der Waals surface area contributed by atoms with E-state index in [2.05, 4.69) is 10.3 Å². The zero-order chi connectivity index (χ0) is 14.6. The summed E-state index contributed by atoms with van der Waals surface area (Å²) in [6.07, 6.45) is -10.4. The van der Waals surface area contributed by atoms with Crippen molar-refractivity contribution in [2.75, 3.05) is 17.3 Å². The standard InChI is InChI=1S/C10H9F6N3/c1-4-17-5-3-6(9(11,12)13)18-8(10(14,15)16)7(5)19(4)2/h3-4,17H,1-2H3. The predicted molar refractivity (Wildman–Crippen MR) is 55.7 cm³/mol. The maximum Gasteiger partial charge on any atom is 0.435 e. The van der Waals surface area contributed by atoms with Crippen LogP contribution in [0.25, 0.3) is 0 Å². The first-order valence-electron chi connectivity index (χ1n) is 5.20. The Morgan fingerprint density at radius 3 is 2.21 bits per heavy atom. The molecule has 1 aliphatic heterocycles. The summed E-state index contributed by atoms with van der Waals surface area (Å²) in [4.78, 5) is 3.94. The number of fused-ring (bicyclic) bond motifs is 1. The van der Waals surface area contributed by atoms with Gasteiger partial charge in [0, 0.05) is 7.05 Å². The van der Waals surface area contributed by atoms with Gasteiger partial charge in [0.05, 0.1) is 17.5 Å². The number of nitrogens with zero attached hydrogens (tertiary/aromatic N) is 2. The van der Waals surface area contributed by atoms with Gasteiger partial charge in [-0.1, -0.05) is 0 Å². The third-order valence-electron chi connectivity index (χ3n) is 2.85. The van der Waals surface area contributed by atoms with Gasteiger partial charge in [-0.3, -0.25) is 0 Å². The Labute approximate surface area is 104 Å². The predicted octanol–water partition coefficient (Wildman–Crippen LogP) is 3.33. The molecular weight excluding hydrogens is 276 g/mol. The van der Waals surface area contributed by atoms with Crippen LogP contribution in [0.5, 0.6) is 0 Å². The lowest BCUT2D eigenvalue weighted by Crippen LogP contribution is -2.29. The Morgan fingerprint density at radius 2 is 1.74 bits per heavy atom. The second kappa shape index (κ2) is 3.91. The quantitative estimate of drug-likeness (QED) is 0.741. The van der Waals surface area contributed by atoms with Crippen LogP contribution in [0.1, 0.15) is 18.3 Å². The molecule has 0 amide bonds. The van der Waals surface area contributed by atoms with Crippen molar-refractivity contribution in [1.29, 1.82) is 0 Å². The maximum atomic E-state index is 12.8. The van der Waals surface area contributed by atoms with E-state index in [1.807, 2.05) is 0 Å². The van der Waals surface area contributed by atoms with E-state index in [0.29, 0.717) is 6.07 Å². The minimum Gasteiger partial charge on any atom is -0.364 e. The van der Waals surface area contributed by atoms with Crippen molar-refractivity contribution in [2.24, 2.45) is 0 Å². The molecule has 1 unspecified atom stereocenters. The Balaban J connectivity index is 2.68. The van der Waals surface area contributed by atoms with Crippen LogP contribution >= 0.6 is 0 Å². The summed E-state index contributed by atoms with van der Waals surface area (Å²) >= 11 is 0. The molecule has 1 N–H and O–H groups in total. The summed E-state index contributed by atoms with van der Waals surface area (Å²) in [5.74, 6) is 0. The summed E-state index contributed by atoms with van der Waals surface area (Å²) in [5.41, 5.74) is -3.68. The number of hydrogen-bond donors (Lipinski definition) is 1. The van der Waals surface area contributed by atoms with Gasteiger partial charge in [-0.05, 0) is 13.0 Å². The van der Waals surface area contributed by atoms with Crippen molar-refractivity contribution in [3.63, 3.8) is 0 Å². The number of nitrogens with one attached hydrogen (secondary N) is 1. The number of pyridine rings is 1. The van der Waals surface area contributed by atoms with Crippen molar-refractivity contribution in [1.82, 2.24) is 4.98 Å². The van der Waals surface area contributed by atoms with Gasteiger partial charge in [-0.25, -0.2) is 4.98 Å². The summed E-state index contributed by atoms with van der Waals surface area (Å²) in [7, 11) is 1.35. The molecule has 0 radical (unpaired) electrons. The van der Waals surface area contributed by atoms with E-state index in [1.54, 1.807) is 0 Å². The lowest BCUT2D eigenvalue weighted by molar-refractivity contribution is -0.149. The largest absolute Gasteiger partial charge is 0.435 e. The maximum absolute atomic E-state index is 12.8. The van der Waals surface area contributed by atoms with Gasteiger partial charge in [0.25, 0.3) is 0 Å². The third-order valence-corrected chi connectivity index (χ3v) is 2.85. The Morgan fingerprint density at radius 1 is 1.16 bits per heavy atom. The highest BCUT2D eigenvalue weighted by Gasteiger charge is 2.44. The molecule has 106 valence electrons. The molecule has 0 saturated carbocycles. The van der Waals surface area contributed by atoms with E-state index >= 15 is 0 Å². The molecule has 1 aromatic heterocycles. The molecule has 1 aliphatic rings.